The van der Waals surface area contributed by atoms with Crippen LogP contribution in [0.15, 0.2) is 24.3 Å². The molecule has 0 aliphatic rings. The minimum absolute atomic E-state index is 0.0583. The molecule has 0 spiro atoms. The topological polar surface area (TPSA) is 66.4 Å². The van der Waals surface area contributed by atoms with Crippen LogP contribution in [-0.4, -0.2) is 23.5 Å². The summed E-state index contributed by atoms with van der Waals surface area (Å²) in [6.07, 6.45) is 1.58. The highest BCUT2D eigenvalue weighted by Gasteiger charge is 2.14. The first kappa shape index (κ1) is 17.2. The van der Waals surface area contributed by atoms with Gasteiger partial charge in [0.15, 0.2) is 0 Å². The number of rotatable bonds is 8. The summed E-state index contributed by atoms with van der Waals surface area (Å²) < 4.78 is 0. The molecule has 0 aromatic heterocycles. The lowest BCUT2D eigenvalue weighted by Gasteiger charge is -2.13. The first-order chi connectivity index (χ1) is 9.90. The number of carbonyl (C=O) groups excluding carboxylic acids is 1. The van der Waals surface area contributed by atoms with Gasteiger partial charge in [0.05, 0.1) is 5.92 Å². The number of carboxylic acids is 1. The minimum atomic E-state index is -0.835. The number of hydrogen-bond donors (Lipinski definition) is 2. The van der Waals surface area contributed by atoms with Crippen LogP contribution in [0.2, 0.25) is 0 Å². The summed E-state index contributed by atoms with van der Waals surface area (Å²) in [5.74, 6) is -0.497. The van der Waals surface area contributed by atoms with E-state index in [0.29, 0.717) is 18.9 Å². The predicted octanol–water partition coefficient (Wildman–Crippen LogP) is 2.97. The molecule has 0 heterocycles. The van der Waals surface area contributed by atoms with Gasteiger partial charge in [0.2, 0.25) is 5.91 Å². The van der Waals surface area contributed by atoms with Gasteiger partial charge in [0.1, 0.15) is 0 Å². The Hall–Kier alpha value is -1.84. The van der Waals surface area contributed by atoms with E-state index in [4.69, 9.17) is 5.11 Å². The second kappa shape index (κ2) is 8.45. The Morgan fingerprint density at radius 3 is 2.29 bits per heavy atom. The third-order valence-corrected chi connectivity index (χ3v) is 3.38. The second-order valence-electron chi connectivity index (χ2n) is 5.85. The number of nitrogens with one attached hydrogen (secondary N) is 1. The van der Waals surface area contributed by atoms with E-state index in [1.165, 1.54) is 5.56 Å². The maximum absolute atomic E-state index is 12.0. The average molecular weight is 291 g/mol. The monoisotopic (exact) mass is 291 g/mol. The zero-order chi connectivity index (χ0) is 15.8. The molecule has 116 valence electrons. The molecule has 1 unspecified atom stereocenters. The normalized spacial score (nSPS) is 12.2. The van der Waals surface area contributed by atoms with Crippen molar-refractivity contribution in [3.05, 3.63) is 35.4 Å². The van der Waals surface area contributed by atoms with E-state index >= 15 is 0 Å². The Morgan fingerprint density at radius 1 is 1.14 bits per heavy atom. The Balaban J connectivity index is 2.48. The van der Waals surface area contributed by atoms with E-state index in [-0.39, 0.29) is 18.2 Å². The van der Waals surface area contributed by atoms with Crippen LogP contribution in [0.3, 0.4) is 0 Å². The zero-order valence-electron chi connectivity index (χ0n) is 13.1. The summed E-state index contributed by atoms with van der Waals surface area (Å²) in [5, 5.41) is 11.3. The molecule has 1 amide bonds. The number of amides is 1. The van der Waals surface area contributed by atoms with Crippen LogP contribution in [0.25, 0.3) is 0 Å². The molecule has 0 saturated heterocycles. The van der Waals surface area contributed by atoms with Crippen molar-refractivity contribution >= 4 is 11.9 Å². The molecular formula is C17H25NO3. The second-order valence-corrected chi connectivity index (χ2v) is 5.85. The highest BCUT2D eigenvalue weighted by Crippen LogP contribution is 2.17. The standard InChI is InChI=1S/C17H25NO3/c1-12(2)11-14-6-8-15(9-7-14)13(3)17(21)18-10-4-5-16(19)20/h6-9,12-13H,4-5,10-11H2,1-3H3,(H,18,21)(H,19,20). The lowest BCUT2D eigenvalue weighted by Crippen LogP contribution is -2.29. The van der Waals surface area contributed by atoms with Crippen LogP contribution in [0.4, 0.5) is 0 Å². The highest BCUT2D eigenvalue weighted by atomic mass is 16.4. The molecule has 1 aromatic carbocycles. The molecule has 1 atom stereocenters. The molecule has 0 radical (unpaired) electrons. The van der Waals surface area contributed by atoms with Crippen LogP contribution in [0, 0.1) is 5.92 Å². The van der Waals surface area contributed by atoms with Crippen LogP contribution in [0.1, 0.15) is 50.7 Å². The molecule has 2 N–H and O–H groups in total. The number of carboxylic acid groups (broad SMARTS) is 1. The van der Waals surface area contributed by atoms with Crippen molar-refractivity contribution in [2.75, 3.05) is 6.54 Å². The molecule has 0 fully saturated rings. The van der Waals surface area contributed by atoms with E-state index in [0.717, 1.165) is 12.0 Å². The van der Waals surface area contributed by atoms with Crippen molar-refractivity contribution in [3.63, 3.8) is 0 Å². The maximum Gasteiger partial charge on any atom is 0.303 e. The molecule has 0 aliphatic carbocycles. The molecule has 0 aliphatic heterocycles. The van der Waals surface area contributed by atoms with E-state index in [9.17, 15) is 9.59 Å². The van der Waals surface area contributed by atoms with Gasteiger partial charge >= 0.3 is 5.97 Å². The van der Waals surface area contributed by atoms with Crippen molar-refractivity contribution in [3.8, 4) is 0 Å². The van der Waals surface area contributed by atoms with E-state index in [1.807, 2.05) is 19.1 Å². The maximum atomic E-state index is 12.0. The van der Waals surface area contributed by atoms with Gasteiger partial charge in [-0.05, 0) is 36.8 Å². The van der Waals surface area contributed by atoms with Crippen molar-refractivity contribution in [1.29, 1.82) is 0 Å². The predicted molar refractivity (Wildman–Crippen MR) is 83.3 cm³/mol. The molecule has 0 bridgehead atoms. The summed E-state index contributed by atoms with van der Waals surface area (Å²) in [6.45, 7) is 6.63. The molecule has 0 saturated carbocycles. The Kier molecular flexibility index (Phi) is 6.92. The third-order valence-electron chi connectivity index (χ3n) is 3.38. The SMILES string of the molecule is CC(C)Cc1ccc(C(C)C(=O)NCCCC(=O)O)cc1. The van der Waals surface area contributed by atoms with Crippen LogP contribution >= 0.6 is 0 Å². The molecule has 1 rings (SSSR count). The number of benzene rings is 1. The fraction of sp³-hybridized carbons (Fsp3) is 0.529. The Bertz CT molecular complexity index is 465. The molecule has 1 aromatic rings. The largest absolute Gasteiger partial charge is 0.481 e. The van der Waals surface area contributed by atoms with Crippen LogP contribution in [-0.2, 0) is 16.0 Å². The van der Waals surface area contributed by atoms with E-state index in [2.05, 4.69) is 31.3 Å². The summed E-state index contributed by atoms with van der Waals surface area (Å²) in [7, 11) is 0. The number of carbonyl (C=O) groups is 2. The third kappa shape index (κ3) is 6.43. The first-order valence-electron chi connectivity index (χ1n) is 7.48. The van der Waals surface area contributed by atoms with Gasteiger partial charge in [-0.3, -0.25) is 9.59 Å². The Labute approximate surface area is 126 Å². The van der Waals surface area contributed by atoms with Crippen molar-refractivity contribution < 1.29 is 14.7 Å². The first-order valence-corrected chi connectivity index (χ1v) is 7.48. The van der Waals surface area contributed by atoms with Gasteiger partial charge in [-0.2, -0.15) is 0 Å². The van der Waals surface area contributed by atoms with E-state index < -0.39 is 5.97 Å². The van der Waals surface area contributed by atoms with Crippen LogP contribution < -0.4 is 5.32 Å². The van der Waals surface area contributed by atoms with Gasteiger partial charge < -0.3 is 10.4 Å². The van der Waals surface area contributed by atoms with Gasteiger partial charge in [0, 0.05) is 13.0 Å². The molecule has 4 nitrogen and oxygen atoms in total. The summed E-state index contributed by atoms with van der Waals surface area (Å²) >= 11 is 0. The lowest BCUT2D eigenvalue weighted by atomic mass is 9.96. The van der Waals surface area contributed by atoms with Gasteiger partial charge in [0.25, 0.3) is 0 Å². The zero-order valence-corrected chi connectivity index (χ0v) is 13.1. The van der Waals surface area contributed by atoms with Gasteiger partial charge in [-0.25, -0.2) is 0 Å². The van der Waals surface area contributed by atoms with Gasteiger partial charge in [-0.15, -0.1) is 0 Å². The lowest BCUT2D eigenvalue weighted by molar-refractivity contribution is -0.137. The smallest absolute Gasteiger partial charge is 0.303 e. The average Bonchev–Trinajstić information content (AvgIpc) is 2.42. The fourth-order valence-corrected chi connectivity index (χ4v) is 2.17. The quantitative estimate of drug-likeness (QED) is 0.724. The highest BCUT2D eigenvalue weighted by molar-refractivity contribution is 5.83. The summed E-state index contributed by atoms with van der Waals surface area (Å²) in [6, 6.07) is 8.14. The van der Waals surface area contributed by atoms with Crippen LogP contribution in [0.5, 0.6) is 0 Å². The number of hydrogen-bond acceptors (Lipinski definition) is 2. The van der Waals surface area contributed by atoms with Crippen molar-refractivity contribution in [2.24, 2.45) is 5.92 Å². The molecule has 4 heteroatoms. The van der Waals surface area contributed by atoms with Crippen molar-refractivity contribution in [2.45, 2.75) is 46.0 Å². The number of aliphatic carboxylic acids is 1. The summed E-state index contributed by atoms with van der Waals surface area (Å²) in [4.78, 5) is 22.4. The molecule has 21 heavy (non-hydrogen) atoms. The molecular weight excluding hydrogens is 266 g/mol. The Morgan fingerprint density at radius 2 is 1.76 bits per heavy atom. The summed E-state index contributed by atoms with van der Waals surface area (Å²) in [5.41, 5.74) is 2.26. The minimum Gasteiger partial charge on any atom is -0.481 e. The van der Waals surface area contributed by atoms with Gasteiger partial charge in [-0.1, -0.05) is 38.1 Å². The fourth-order valence-electron chi connectivity index (χ4n) is 2.17. The van der Waals surface area contributed by atoms with E-state index in [1.54, 1.807) is 0 Å². The van der Waals surface area contributed by atoms with Crippen molar-refractivity contribution in [1.82, 2.24) is 5.32 Å².